The maximum Gasteiger partial charge on any atom is 0.251 e. The number of fused-ring (bicyclic) bond motifs is 2. The molecule has 0 radical (unpaired) electrons. The second-order valence-corrected chi connectivity index (χ2v) is 8.65. The van der Waals surface area contributed by atoms with E-state index in [2.05, 4.69) is 25.7 Å². The Bertz CT molecular complexity index is 1230. The van der Waals surface area contributed by atoms with Gasteiger partial charge in [-0.2, -0.15) is 4.68 Å². The molecule has 0 saturated carbocycles. The first kappa shape index (κ1) is 24.0. The third-order valence-electron chi connectivity index (χ3n) is 6.46. The van der Waals surface area contributed by atoms with E-state index in [0.717, 1.165) is 36.2 Å². The molecule has 1 atom stereocenters. The molecule has 0 fully saturated rings. The Hall–Kier alpha value is -3.70. The molecule has 190 valence electrons. The number of tetrazole rings is 1. The van der Waals surface area contributed by atoms with Gasteiger partial charge in [0.15, 0.2) is 17.3 Å². The molecule has 11 nitrogen and oxygen atoms in total. The minimum absolute atomic E-state index is 0.128. The molecule has 0 unspecified atom stereocenters. The summed E-state index contributed by atoms with van der Waals surface area (Å²) in [5.74, 6) is 2.45. The fourth-order valence-electron chi connectivity index (χ4n) is 4.68. The Morgan fingerprint density at radius 3 is 2.86 bits per heavy atom. The van der Waals surface area contributed by atoms with Gasteiger partial charge in [-0.1, -0.05) is 0 Å². The number of carbonyl (C=O) groups excluding carboxylic acids is 1. The van der Waals surface area contributed by atoms with Gasteiger partial charge in [-0.25, -0.2) is 0 Å². The molecule has 0 bridgehead atoms. The molecule has 0 aliphatic carbocycles. The smallest absolute Gasteiger partial charge is 0.251 e. The van der Waals surface area contributed by atoms with Crippen molar-refractivity contribution in [1.29, 1.82) is 0 Å². The predicted molar refractivity (Wildman–Crippen MR) is 130 cm³/mol. The number of hydrogen-bond donors (Lipinski definition) is 1. The van der Waals surface area contributed by atoms with E-state index < -0.39 is 0 Å². The summed E-state index contributed by atoms with van der Waals surface area (Å²) < 4.78 is 24.2. The first-order valence-electron chi connectivity index (χ1n) is 12.1. The van der Waals surface area contributed by atoms with Crippen LogP contribution in [0.15, 0.2) is 30.3 Å². The largest absolute Gasteiger partial charge is 0.492 e. The van der Waals surface area contributed by atoms with Crippen LogP contribution in [0, 0.1) is 0 Å². The third-order valence-corrected chi connectivity index (χ3v) is 6.46. The van der Waals surface area contributed by atoms with E-state index in [-0.39, 0.29) is 18.7 Å². The Labute approximate surface area is 209 Å². The fraction of sp³-hybridized carbons (Fsp3) is 0.440. The van der Waals surface area contributed by atoms with Crippen LogP contribution in [0.5, 0.6) is 17.2 Å². The number of hydrogen-bond acceptors (Lipinski definition) is 9. The molecule has 11 heteroatoms. The Balaban J connectivity index is 1.42. The lowest BCUT2D eigenvalue weighted by molar-refractivity contribution is 0.0944. The molecule has 2 aliphatic rings. The van der Waals surface area contributed by atoms with Gasteiger partial charge >= 0.3 is 0 Å². The van der Waals surface area contributed by atoms with Crippen LogP contribution in [0.25, 0.3) is 5.69 Å². The number of amides is 1. The summed E-state index contributed by atoms with van der Waals surface area (Å²) in [5, 5.41) is 15.6. The van der Waals surface area contributed by atoms with Crippen LogP contribution in [0.4, 0.5) is 0 Å². The van der Waals surface area contributed by atoms with Crippen LogP contribution < -0.4 is 19.5 Å². The minimum Gasteiger partial charge on any atom is -0.492 e. The van der Waals surface area contributed by atoms with E-state index in [0.29, 0.717) is 48.4 Å². The van der Waals surface area contributed by atoms with Gasteiger partial charge in [-0.15, -0.1) is 5.10 Å². The lowest BCUT2D eigenvalue weighted by Crippen LogP contribution is -2.35. The van der Waals surface area contributed by atoms with Crippen LogP contribution >= 0.6 is 0 Å². The van der Waals surface area contributed by atoms with E-state index in [1.54, 1.807) is 23.9 Å². The molecule has 5 rings (SSSR count). The molecular formula is C25H30N6O5. The number of likely N-dealkylation sites (N-methyl/N-ethyl adjacent to an activating group) is 1. The first-order valence-corrected chi connectivity index (χ1v) is 12.1. The number of methoxy groups -OCH3 is 1. The zero-order valence-electron chi connectivity index (χ0n) is 20.7. The van der Waals surface area contributed by atoms with E-state index in [1.807, 2.05) is 32.2 Å². The quantitative estimate of drug-likeness (QED) is 0.447. The van der Waals surface area contributed by atoms with Crippen molar-refractivity contribution in [3.63, 3.8) is 0 Å². The van der Waals surface area contributed by atoms with Gasteiger partial charge < -0.3 is 24.3 Å². The molecule has 1 amide bonds. The van der Waals surface area contributed by atoms with Crippen LogP contribution in [0.1, 0.15) is 46.7 Å². The summed E-state index contributed by atoms with van der Waals surface area (Å²) in [6.45, 7) is 4.80. The monoisotopic (exact) mass is 494 g/mol. The average molecular weight is 495 g/mol. The molecule has 2 aliphatic heterocycles. The molecular weight excluding hydrogens is 464 g/mol. The number of nitrogens with zero attached hydrogens (tertiary/aromatic N) is 5. The van der Waals surface area contributed by atoms with Gasteiger partial charge in [-0.3, -0.25) is 9.69 Å². The number of benzene rings is 2. The van der Waals surface area contributed by atoms with Gasteiger partial charge in [0.25, 0.3) is 5.91 Å². The highest BCUT2D eigenvalue weighted by atomic mass is 16.7. The van der Waals surface area contributed by atoms with Crippen molar-refractivity contribution in [1.82, 2.24) is 30.4 Å². The lowest BCUT2D eigenvalue weighted by atomic mass is 9.90. The highest BCUT2D eigenvalue weighted by Crippen LogP contribution is 2.50. The van der Waals surface area contributed by atoms with E-state index in [1.165, 1.54) is 0 Å². The van der Waals surface area contributed by atoms with Crippen molar-refractivity contribution in [2.45, 2.75) is 25.8 Å². The summed E-state index contributed by atoms with van der Waals surface area (Å²) in [5.41, 5.74) is 3.40. The molecule has 3 heterocycles. The van der Waals surface area contributed by atoms with E-state index in [9.17, 15) is 4.79 Å². The van der Waals surface area contributed by atoms with Gasteiger partial charge in [-0.05, 0) is 73.1 Å². The standard InChI is InChI=1S/C25H30N6O5/c1-4-34-13-5-11-26-25(32)16-6-8-18(9-7-16)31-24(27-28-29-31)21-20-17(10-12-30(21)2)14-19-22(23(20)33-3)36-15-35-19/h6-9,14,21H,4-5,10-13,15H2,1-3H3,(H,26,32)/t21-/m1/s1. The lowest BCUT2D eigenvalue weighted by Gasteiger charge is -2.34. The third kappa shape index (κ3) is 4.47. The van der Waals surface area contributed by atoms with Crippen molar-refractivity contribution >= 4 is 5.91 Å². The molecule has 0 spiro atoms. The molecule has 36 heavy (non-hydrogen) atoms. The van der Waals surface area contributed by atoms with Crippen molar-refractivity contribution in [3.05, 3.63) is 52.8 Å². The SMILES string of the molecule is CCOCCCNC(=O)c1ccc(-n2nnnc2[C@H]2c3c(cc4c(c3OC)OCO4)CCN2C)cc1. The average Bonchev–Trinajstić information content (AvgIpc) is 3.57. The summed E-state index contributed by atoms with van der Waals surface area (Å²) in [6.07, 6.45) is 1.61. The number of aromatic nitrogens is 4. The summed E-state index contributed by atoms with van der Waals surface area (Å²) >= 11 is 0. The van der Waals surface area contributed by atoms with Crippen molar-refractivity contribution in [2.75, 3.05) is 47.3 Å². The van der Waals surface area contributed by atoms with E-state index in [4.69, 9.17) is 18.9 Å². The second-order valence-electron chi connectivity index (χ2n) is 8.65. The number of rotatable bonds is 9. The van der Waals surface area contributed by atoms with Crippen LogP contribution in [0.3, 0.4) is 0 Å². The Morgan fingerprint density at radius 1 is 1.25 bits per heavy atom. The molecule has 0 saturated heterocycles. The number of nitrogens with one attached hydrogen (secondary N) is 1. The van der Waals surface area contributed by atoms with Crippen LogP contribution in [0.2, 0.25) is 0 Å². The van der Waals surface area contributed by atoms with E-state index >= 15 is 0 Å². The summed E-state index contributed by atoms with van der Waals surface area (Å²) in [6, 6.07) is 8.99. The first-order chi connectivity index (χ1) is 17.6. The zero-order valence-corrected chi connectivity index (χ0v) is 20.7. The summed E-state index contributed by atoms with van der Waals surface area (Å²) in [7, 11) is 3.67. The van der Waals surface area contributed by atoms with Gasteiger partial charge in [0, 0.05) is 37.4 Å². The van der Waals surface area contributed by atoms with Crippen LogP contribution in [-0.4, -0.2) is 78.3 Å². The molecule has 1 aromatic heterocycles. The fourth-order valence-corrected chi connectivity index (χ4v) is 4.68. The van der Waals surface area contributed by atoms with Gasteiger partial charge in [0.2, 0.25) is 12.5 Å². The number of ether oxygens (including phenoxy) is 4. The Kier molecular flexibility index (Phi) is 7.01. The zero-order chi connectivity index (χ0) is 25.1. The number of carbonyl (C=O) groups is 1. The normalized spacial score (nSPS) is 16.6. The predicted octanol–water partition coefficient (Wildman–Crippen LogP) is 2.13. The van der Waals surface area contributed by atoms with Crippen molar-refractivity contribution < 1.29 is 23.7 Å². The topological polar surface area (TPSA) is 113 Å². The molecule has 3 aromatic rings. The second kappa shape index (κ2) is 10.5. The van der Waals surface area contributed by atoms with Crippen molar-refractivity contribution in [2.24, 2.45) is 0 Å². The molecule has 2 aromatic carbocycles. The summed E-state index contributed by atoms with van der Waals surface area (Å²) in [4.78, 5) is 14.7. The maximum atomic E-state index is 12.5. The Morgan fingerprint density at radius 2 is 2.08 bits per heavy atom. The van der Waals surface area contributed by atoms with Crippen molar-refractivity contribution in [3.8, 4) is 22.9 Å². The highest BCUT2D eigenvalue weighted by Gasteiger charge is 2.37. The highest BCUT2D eigenvalue weighted by molar-refractivity contribution is 5.94. The maximum absolute atomic E-state index is 12.5. The minimum atomic E-state index is -0.262. The van der Waals surface area contributed by atoms with Crippen LogP contribution in [-0.2, 0) is 11.2 Å². The van der Waals surface area contributed by atoms with Gasteiger partial charge in [0.1, 0.15) is 6.04 Å². The molecule has 1 N–H and O–H groups in total. The van der Waals surface area contributed by atoms with Gasteiger partial charge in [0.05, 0.1) is 12.8 Å².